The minimum atomic E-state index is 0.279. The van der Waals surface area contributed by atoms with Crippen LogP contribution < -0.4 is 19.6 Å². The van der Waals surface area contributed by atoms with Crippen LogP contribution in [0, 0.1) is 0 Å². The zero-order valence-electron chi connectivity index (χ0n) is 48.0. The van der Waals surface area contributed by atoms with Gasteiger partial charge in [0.25, 0.3) is 0 Å². The number of benzene rings is 12. The van der Waals surface area contributed by atoms with Crippen molar-refractivity contribution >= 4 is 56.9 Å². The maximum Gasteiger partial charge on any atom is 0.0463 e. The molecule has 0 aliphatic carbocycles. The molecular weight excluding hydrogens is 1020 g/mol. The van der Waals surface area contributed by atoms with Crippen LogP contribution in [0.1, 0.15) is 50.7 Å². The lowest BCUT2D eigenvalue weighted by molar-refractivity contribution is 0.642. The van der Waals surface area contributed by atoms with Crippen molar-refractivity contribution in [3.8, 4) is 55.6 Å². The summed E-state index contributed by atoms with van der Waals surface area (Å²) < 4.78 is 0. The molecule has 0 aromatic heterocycles. The van der Waals surface area contributed by atoms with Gasteiger partial charge in [0.05, 0.1) is 0 Å². The van der Waals surface area contributed by atoms with Crippen molar-refractivity contribution in [3.05, 3.63) is 314 Å². The molecular formula is C80H66N4. The van der Waals surface area contributed by atoms with Gasteiger partial charge in [-0.2, -0.15) is 0 Å². The van der Waals surface area contributed by atoms with Crippen molar-refractivity contribution in [1.82, 2.24) is 0 Å². The standard InChI is InChI=1S/C80H66N4/c1-55-57(3)81(69-43-47-75(48-44-69)83(71-35-25-63(26-36-71)59-17-9-5-10-18-59)72-37-27-64(28-38-72)60-19-11-6-12-20-60)79-51-33-67(53-77(55)79)68-34-52-80-78(54-68)56(2)58(4)82(80)70-45-49-76(50-46-70)84(73-39-29-65(30-40-73)61-21-13-7-14-22-61)74-41-31-66(32-42-74)62-23-15-8-16-24-62/h5-58H,1-4H3. The summed E-state index contributed by atoms with van der Waals surface area (Å²) in [6.07, 6.45) is 0. The van der Waals surface area contributed by atoms with Crippen molar-refractivity contribution < 1.29 is 0 Å². The highest BCUT2D eigenvalue weighted by Crippen LogP contribution is 2.50. The Kier molecular flexibility index (Phi) is 13.8. The summed E-state index contributed by atoms with van der Waals surface area (Å²) >= 11 is 0. The normalized spacial score (nSPS) is 16.0. The van der Waals surface area contributed by atoms with Crippen molar-refractivity contribution in [1.29, 1.82) is 0 Å². The van der Waals surface area contributed by atoms with E-state index >= 15 is 0 Å². The molecule has 4 unspecified atom stereocenters. The zero-order valence-corrected chi connectivity index (χ0v) is 48.0. The Hall–Kier alpha value is -10.2. The summed E-state index contributed by atoms with van der Waals surface area (Å²) in [7, 11) is 0. The predicted octanol–water partition coefficient (Wildman–Crippen LogP) is 22.2. The van der Waals surface area contributed by atoms with Gasteiger partial charge in [0.15, 0.2) is 0 Å². The van der Waals surface area contributed by atoms with Crippen LogP contribution >= 0.6 is 0 Å². The molecule has 2 aliphatic rings. The van der Waals surface area contributed by atoms with Crippen LogP contribution in [0.4, 0.5) is 56.9 Å². The van der Waals surface area contributed by atoms with Crippen LogP contribution in [0.25, 0.3) is 55.6 Å². The molecule has 4 heteroatoms. The molecule has 0 radical (unpaired) electrons. The third-order valence-corrected chi connectivity index (χ3v) is 17.9. The number of hydrogen-bond donors (Lipinski definition) is 0. The van der Waals surface area contributed by atoms with E-state index in [1.807, 2.05) is 0 Å². The average molecular weight is 1080 g/mol. The molecule has 4 atom stereocenters. The Morgan fingerprint density at radius 1 is 0.226 bits per heavy atom. The lowest BCUT2D eigenvalue weighted by atomic mass is 9.92. The van der Waals surface area contributed by atoms with Crippen LogP contribution in [-0.2, 0) is 0 Å². The molecule has 2 heterocycles. The van der Waals surface area contributed by atoms with Gasteiger partial charge in [0.2, 0.25) is 0 Å². The Labute approximate surface area is 495 Å². The highest BCUT2D eigenvalue weighted by atomic mass is 15.2. The van der Waals surface area contributed by atoms with E-state index in [1.165, 1.54) is 89.5 Å². The fourth-order valence-corrected chi connectivity index (χ4v) is 12.9. The molecule has 0 saturated carbocycles. The monoisotopic (exact) mass is 1080 g/mol. The molecule has 0 fully saturated rings. The molecule has 0 saturated heterocycles. The molecule has 12 aromatic carbocycles. The van der Waals surface area contributed by atoms with Gasteiger partial charge in [-0.15, -0.1) is 0 Å². The van der Waals surface area contributed by atoms with Crippen molar-refractivity contribution in [3.63, 3.8) is 0 Å². The molecule has 0 amide bonds. The first-order valence-corrected chi connectivity index (χ1v) is 29.6. The molecule has 406 valence electrons. The number of nitrogens with zero attached hydrogens (tertiary/aromatic N) is 4. The zero-order chi connectivity index (χ0) is 56.7. The number of anilines is 10. The summed E-state index contributed by atoms with van der Waals surface area (Å²) in [5, 5.41) is 0. The smallest absolute Gasteiger partial charge is 0.0463 e. The van der Waals surface area contributed by atoms with Gasteiger partial charge in [0, 0.05) is 80.8 Å². The van der Waals surface area contributed by atoms with Gasteiger partial charge in [-0.05, 0) is 202 Å². The van der Waals surface area contributed by atoms with Crippen LogP contribution in [0.3, 0.4) is 0 Å². The van der Waals surface area contributed by atoms with E-state index in [9.17, 15) is 0 Å². The third kappa shape index (κ3) is 9.80. The van der Waals surface area contributed by atoms with E-state index in [1.54, 1.807) is 0 Å². The fraction of sp³-hybridized carbons (Fsp3) is 0.100. The molecule has 84 heavy (non-hydrogen) atoms. The van der Waals surface area contributed by atoms with Crippen LogP contribution in [0.5, 0.6) is 0 Å². The van der Waals surface area contributed by atoms with Gasteiger partial charge in [0.1, 0.15) is 0 Å². The highest BCUT2D eigenvalue weighted by Gasteiger charge is 2.36. The molecule has 14 rings (SSSR count). The van der Waals surface area contributed by atoms with Gasteiger partial charge < -0.3 is 19.6 Å². The van der Waals surface area contributed by atoms with Crippen molar-refractivity contribution in [2.75, 3.05) is 19.6 Å². The molecule has 4 nitrogen and oxygen atoms in total. The molecule has 2 aliphatic heterocycles. The van der Waals surface area contributed by atoms with E-state index < -0.39 is 0 Å². The number of fused-ring (bicyclic) bond motifs is 2. The quantitative estimate of drug-likeness (QED) is 0.114. The minimum Gasteiger partial charge on any atom is -0.338 e. The second-order valence-corrected chi connectivity index (χ2v) is 22.7. The van der Waals surface area contributed by atoms with Crippen LogP contribution in [0.2, 0.25) is 0 Å². The van der Waals surface area contributed by atoms with E-state index in [-0.39, 0.29) is 12.1 Å². The van der Waals surface area contributed by atoms with Crippen LogP contribution in [-0.4, -0.2) is 12.1 Å². The predicted molar refractivity (Wildman–Crippen MR) is 356 cm³/mol. The molecule has 0 spiro atoms. The number of rotatable bonds is 13. The van der Waals surface area contributed by atoms with E-state index in [2.05, 4.69) is 351 Å². The number of hydrogen-bond acceptors (Lipinski definition) is 4. The van der Waals surface area contributed by atoms with Crippen LogP contribution in [0.15, 0.2) is 303 Å². The SMILES string of the molecule is CC1c2cc(-c3ccc4c(c3)C(C)C(C)N4c3ccc(N(c4ccc(-c5ccccc5)cc4)c4ccc(-c5ccccc5)cc4)cc3)ccc2N(c2ccc(N(c3ccc(-c4ccccc4)cc3)c3ccc(-c4ccccc4)cc3)cc2)C1C. The summed E-state index contributed by atoms with van der Waals surface area (Å²) in [5.74, 6) is 0.680. The third-order valence-electron chi connectivity index (χ3n) is 17.9. The lowest BCUT2D eigenvalue weighted by Crippen LogP contribution is -2.25. The Balaban J connectivity index is 0.728. The van der Waals surface area contributed by atoms with Gasteiger partial charge in [-0.25, -0.2) is 0 Å². The maximum atomic E-state index is 2.54. The van der Waals surface area contributed by atoms with E-state index in [0.717, 1.165) is 34.1 Å². The van der Waals surface area contributed by atoms with Crippen molar-refractivity contribution in [2.45, 2.75) is 51.6 Å². The second kappa shape index (κ2) is 22.3. The second-order valence-electron chi connectivity index (χ2n) is 22.7. The van der Waals surface area contributed by atoms with Gasteiger partial charge >= 0.3 is 0 Å². The molecule has 0 bridgehead atoms. The first kappa shape index (κ1) is 52.0. The van der Waals surface area contributed by atoms with E-state index in [0.29, 0.717) is 11.8 Å². The first-order chi connectivity index (χ1) is 41.3. The fourth-order valence-electron chi connectivity index (χ4n) is 12.9. The van der Waals surface area contributed by atoms with Gasteiger partial charge in [-0.1, -0.05) is 196 Å². The average Bonchev–Trinajstić information content (AvgIpc) is 3.09. The molecule has 12 aromatic rings. The summed E-state index contributed by atoms with van der Waals surface area (Å²) in [5.41, 5.74) is 26.5. The first-order valence-electron chi connectivity index (χ1n) is 29.6. The minimum absolute atomic E-state index is 0.279. The molecule has 0 N–H and O–H groups in total. The maximum absolute atomic E-state index is 2.54. The summed E-state index contributed by atoms with van der Waals surface area (Å²) in [4.78, 5) is 9.82. The topological polar surface area (TPSA) is 13.0 Å². The highest BCUT2D eigenvalue weighted by molar-refractivity contribution is 5.86. The Morgan fingerprint density at radius 2 is 0.440 bits per heavy atom. The lowest BCUT2D eigenvalue weighted by Gasteiger charge is -2.29. The van der Waals surface area contributed by atoms with Gasteiger partial charge in [-0.3, -0.25) is 0 Å². The summed E-state index contributed by atoms with van der Waals surface area (Å²) in [6.45, 7) is 9.52. The Morgan fingerprint density at radius 3 is 0.690 bits per heavy atom. The Bertz CT molecular complexity index is 3760. The van der Waals surface area contributed by atoms with E-state index in [4.69, 9.17) is 0 Å². The van der Waals surface area contributed by atoms with Crippen molar-refractivity contribution in [2.24, 2.45) is 0 Å². The largest absolute Gasteiger partial charge is 0.338 e. The summed E-state index contributed by atoms with van der Waals surface area (Å²) in [6, 6.07) is 111.